The number of carbonyl (C=O) groups is 2. The number of piperazine rings is 1. The quantitative estimate of drug-likeness (QED) is 0.460. The van der Waals surface area contributed by atoms with Gasteiger partial charge >= 0.3 is 0 Å². The van der Waals surface area contributed by atoms with Crippen LogP contribution in [0.25, 0.3) is 0 Å². The molecule has 0 radical (unpaired) electrons. The van der Waals surface area contributed by atoms with E-state index in [9.17, 15) is 9.59 Å². The van der Waals surface area contributed by atoms with Gasteiger partial charge < -0.3 is 4.90 Å². The van der Waals surface area contributed by atoms with Gasteiger partial charge in [0.05, 0.1) is 17.7 Å². The number of nitrogens with zero attached hydrogens (tertiary/aromatic N) is 3. The number of carbonyl (C=O) groups excluding carboxylic acids is 2. The molecule has 2 aliphatic heterocycles. The fraction of sp³-hybridized carbons (Fsp3) is 0.259. The van der Waals surface area contributed by atoms with Gasteiger partial charge in [-0.05, 0) is 53.9 Å². The molecule has 0 saturated carbocycles. The third kappa shape index (κ3) is 4.72. The van der Waals surface area contributed by atoms with Crippen molar-refractivity contribution in [3.63, 3.8) is 0 Å². The first kappa shape index (κ1) is 21.9. The molecule has 0 spiro atoms. The minimum absolute atomic E-state index is 0.207. The van der Waals surface area contributed by atoms with Gasteiger partial charge in [-0.15, -0.1) is 0 Å². The Kier molecular flexibility index (Phi) is 6.29. The fourth-order valence-electron chi connectivity index (χ4n) is 4.55. The van der Waals surface area contributed by atoms with Crippen LogP contribution >= 0.6 is 15.9 Å². The van der Waals surface area contributed by atoms with E-state index < -0.39 is 0 Å². The Morgan fingerprint density at radius 2 is 1.27 bits per heavy atom. The number of fused-ring (bicyclic) bond motifs is 1. The molecule has 168 valence electrons. The summed E-state index contributed by atoms with van der Waals surface area (Å²) in [6, 6.07) is 23.9. The van der Waals surface area contributed by atoms with E-state index in [1.807, 2.05) is 12.1 Å². The first-order valence-electron chi connectivity index (χ1n) is 11.3. The highest BCUT2D eigenvalue weighted by atomic mass is 79.9. The number of hydrogen-bond donors (Lipinski definition) is 0. The lowest BCUT2D eigenvalue weighted by Crippen LogP contribution is -2.46. The van der Waals surface area contributed by atoms with Gasteiger partial charge in [0.25, 0.3) is 11.8 Å². The Labute approximate surface area is 202 Å². The van der Waals surface area contributed by atoms with Crippen molar-refractivity contribution < 1.29 is 9.59 Å². The molecule has 2 amide bonds. The van der Waals surface area contributed by atoms with Crippen molar-refractivity contribution in [1.82, 2.24) is 9.80 Å². The maximum absolute atomic E-state index is 12.6. The third-order valence-corrected chi connectivity index (χ3v) is 7.05. The highest BCUT2D eigenvalue weighted by Crippen LogP contribution is 2.24. The van der Waals surface area contributed by atoms with Crippen LogP contribution in [0.4, 0.5) is 5.69 Å². The smallest absolute Gasteiger partial charge is 0.261 e. The summed E-state index contributed by atoms with van der Waals surface area (Å²) in [5, 5.41) is 0. The van der Waals surface area contributed by atoms with Gasteiger partial charge in [-0.25, -0.2) is 0 Å². The van der Waals surface area contributed by atoms with Gasteiger partial charge in [0.1, 0.15) is 0 Å². The van der Waals surface area contributed by atoms with Crippen LogP contribution in [0.15, 0.2) is 77.3 Å². The number of hydrogen-bond acceptors (Lipinski definition) is 4. The zero-order valence-corrected chi connectivity index (χ0v) is 20.0. The SMILES string of the molecule is O=C1c2ccccc2C(=O)N1Cc1ccc(CCN2CCN(c3ccc(Br)cc3)CC2)cc1. The van der Waals surface area contributed by atoms with Gasteiger partial charge in [0, 0.05) is 42.9 Å². The molecular weight excluding hydrogens is 478 g/mol. The highest BCUT2D eigenvalue weighted by molar-refractivity contribution is 9.10. The molecule has 0 bridgehead atoms. The number of anilines is 1. The van der Waals surface area contributed by atoms with Crippen molar-refractivity contribution in [2.75, 3.05) is 37.6 Å². The molecule has 3 aromatic rings. The lowest BCUT2D eigenvalue weighted by molar-refractivity contribution is 0.0642. The molecule has 0 N–H and O–H groups in total. The molecule has 1 fully saturated rings. The minimum atomic E-state index is -0.207. The molecule has 5 rings (SSSR count). The van der Waals surface area contributed by atoms with Crippen molar-refractivity contribution in [3.05, 3.63) is 99.5 Å². The Bertz CT molecular complexity index is 1120. The summed E-state index contributed by atoms with van der Waals surface area (Å²) in [6.07, 6.45) is 0.992. The first-order valence-corrected chi connectivity index (χ1v) is 12.1. The van der Waals surface area contributed by atoms with Gasteiger partial charge in [-0.3, -0.25) is 19.4 Å². The number of amides is 2. The van der Waals surface area contributed by atoms with E-state index in [4.69, 9.17) is 0 Å². The summed E-state index contributed by atoms with van der Waals surface area (Å²) >= 11 is 3.50. The van der Waals surface area contributed by atoms with E-state index in [2.05, 4.69) is 62.1 Å². The molecule has 1 saturated heterocycles. The third-order valence-electron chi connectivity index (χ3n) is 6.52. The zero-order chi connectivity index (χ0) is 22.8. The largest absolute Gasteiger partial charge is 0.369 e. The molecule has 2 heterocycles. The van der Waals surface area contributed by atoms with Crippen LogP contribution in [0.1, 0.15) is 31.8 Å². The standard InChI is InChI=1S/C27H26BrN3O2/c28-22-9-11-23(12-10-22)30-17-15-29(16-18-30)14-13-20-5-7-21(8-6-20)19-31-26(32)24-3-1-2-4-25(24)27(31)33/h1-12H,13-19H2. The second-order valence-electron chi connectivity index (χ2n) is 8.61. The molecule has 2 aliphatic rings. The minimum Gasteiger partial charge on any atom is -0.369 e. The number of rotatable bonds is 6. The zero-order valence-electron chi connectivity index (χ0n) is 18.4. The molecule has 0 unspecified atom stereocenters. The van der Waals surface area contributed by atoms with E-state index in [0.717, 1.165) is 49.2 Å². The van der Waals surface area contributed by atoms with Crippen LogP contribution in [-0.2, 0) is 13.0 Å². The Morgan fingerprint density at radius 3 is 1.88 bits per heavy atom. The van der Waals surface area contributed by atoms with Gasteiger partial charge in [0.2, 0.25) is 0 Å². The second-order valence-corrected chi connectivity index (χ2v) is 9.53. The molecule has 0 aliphatic carbocycles. The number of halogens is 1. The van der Waals surface area contributed by atoms with Crippen molar-refractivity contribution in [2.45, 2.75) is 13.0 Å². The van der Waals surface area contributed by atoms with Crippen molar-refractivity contribution in [2.24, 2.45) is 0 Å². The summed E-state index contributed by atoms with van der Waals surface area (Å²) in [4.78, 5) is 31.5. The van der Waals surface area contributed by atoms with Crippen LogP contribution < -0.4 is 4.90 Å². The van der Waals surface area contributed by atoms with E-state index in [-0.39, 0.29) is 11.8 Å². The van der Waals surface area contributed by atoms with E-state index in [1.54, 1.807) is 24.3 Å². The Balaban J connectivity index is 1.11. The fourth-order valence-corrected chi connectivity index (χ4v) is 4.81. The van der Waals surface area contributed by atoms with E-state index >= 15 is 0 Å². The van der Waals surface area contributed by atoms with Crippen LogP contribution in [0, 0.1) is 0 Å². The molecule has 6 heteroatoms. The maximum Gasteiger partial charge on any atom is 0.261 e. The summed E-state index contributed by atoms with van der Waals surface area (Å²) in [7, 11) is 0. The van der Waals surface area contributed by atoms with Gasteiger partial charge in [-0.1, -0.05) is 52.3 Å². The predicted molar refractivity (Wildman–Crippen MR) is 134 cm³/mol. The van der Waals surface area contributed by atoms with Gasteiger partial charge in [0.15, 0.2) is 0 Å². The van der Waals surface area contributed by atoms with Gasteiger partial charge in [-0.2, -0.15) is 0 Å². The Hall–Kier alpha value is -2.96. The summed E-state index contributed by atoms with van der Waals surface area (Å²) in [5.41, 5.74) is 4.53. The molecule has 0 aromatic heterocycles. The van der Waals surface area contributed by atoms with Crippen LogP contribution in [0.5, 0.6) is 0 Å². The van der Waals surface area contributed by atoms with Crippen LogP contribution in [-0.4, -0.2) is 54.3 Å². The lowest BCUT2D eigenvalue weighted by Gasteiger charge is -2.36. The molecule has 5 nitrogen and oxygen atoms in total. The van der Waals surface area contributed by atoms with E-state index in [0.29, 0.717) is 17.7 Å². The number of benzene rings is 3. The van der Waals surface area contributed by atoms with Crippen LogP contribution in [0.2, 0.25) is 0 Å². The topological polar surface area (TPSA) is 43.9 Å². The van der Waals surface area contributed by atoms with Crippen molar-refractivity contribution in [1.29, 1.82) is 0 Å². The first-order chi connectivity index (χ1) is 16.1. The monoisotopic (exact) mass is 503 g/mol. The molecule has 0 atom stereocenters. The number of imide groups is 1. The summed E-state index contributed by atoms with van der Waals surface area (Å²) in [6.45, 7) is 5.56. The van der Waals surface area contributed by atoms with Crippen LogP contribution in [0.3, 0.4) is 0 Å². The second kappa shape index (κ2) is 9.49. The molecular formula is C27H26BrN3O2. The highest BCUT2D eigenvalue weighted by Gasteiger charge is 2.34. The van der Waals surface area contributed by atoms with Crippen molar-refractivity contribution >= 4 is 33.4 Å². The average molecular weight is 504 g/mol. The Morgan fingerprint density at radius 1 is 0.697 bits per heavy atom. The van der Waals surface area contributed by atoms with E-state index in [1.165, 1.54) is 16.2 Å². The normalized spacial score (nSPS) is 16.4. The molecule has 3 aromatic carbocycles. The average Bonchev–Trinajstić information content (AvgIpc) is 3.09. The molecule has 33 heavy (non-hydrogen) atoms. The van der Waals surface area contributed by atoms with Crippen molar-refractivity contribution in [3.8, 4) is 0 Å². The predicted octanol–water partition coefficient (Wildman–Crippen LogP) is 4.61. The maximum atomic E-state index is 12.6. The lowest BCUT2D eigenvalue weighted by atomic mass is 10.1. The summed E-state index contributed by atoms with van der Waals surface area (Å²) in [5.74, 6) is -0.413. The summed E-state index contributed by atoms with van der Waals surface area (Å²) < 4.78 is 1.11.